The van der Waals surface area contributed by atoms with E-state index in [-0.39, 0.29) is 17.7 Å². The van der Waals surface area contributed by atoms with Gasteiger partial charge in [-0.1, -0.05) is 19.9 Å². The van der Waals surface area contributed by atoms with E-state index >= 15 is 0 Å². The van der Waals surface area contributed by atoms with Crippen molar-refractivity contribution in [2.24, 2.45) is 5.92 Å². The lowest BCUT2D eigenvalue weighted by Gasteiger charge is -2.23. The van der Waals surface area contributed by atoms with Gasteiger partial charge in [0, 0.05) is 20.6 Å². The van der Waals surface area contributed by atoms with Crippen molar-refractivity contribution < 1.29 is 14.6 Å². The first-order chi connectivity index (χ1) is 9.85. The highest BCUT2D eigenvalue weighted by Crippen LogP contribution is 2.26. The lowest BCUT2D eigenvalue weighted by atomic mass is 10.0. The summed E-state index contributed by atoms with van der Waals surface area (Å²) in [5.41, 5.74) is 0.963. The standard InChI is InChI=1S/C16H26N2O3/c1-11(2)8-13(16(20)18(3)4)17-10-12-6-7-14(19)15(9-12)21-5/h6-7,9,11,13,17,19H,8,10H2,1-5H3. The molecule has 0 fully saturated rings. The van der Waals surface area contributed by atoms with E-state index in [9.17, 15) is 9.90 Å². The van der Waals surface area contributed by atoms with Gasteiger partial charge in [-0.2, -0.15) is 0 Å². The first-order valence-corrected chi connectivity index (χ1v) is 7.15. The molecule has 0 aliphatic heterocycles. The summed E-state index contributed by atoms with van der Waals surface area (Å²) in [6.45, 7) is 4.75. The number of aromatic hydroxyl groups is 1. The number of carbonyl (C=O) groups is 1. The summed E-state index contributed by atoms with van der Waals surface area (Å²) in [4.78, 5) is 13.8. The van der Waals surface area contributed by atoms with Crippen molar-refractivity contribution in [1.29, 1.82) is 0 Å². The molecule has 2 N–H and O–H groups in total. The minimum atomic E-state index is -0.209. The van der Waals surface area contributed by atoms with Gasteiger partial charge in [-0.15, -0.1) is 0 Å². The maximum Gasteiger partial charge on any atom is 0.239 e. The highest BCUT2D eigenvalue weighted by molar-refractivity contribution is 5.81. The first kappa shape index (κ1) is 17.3. The smallest absolute Gasteiger partial charge is 0.239 e. The maximum atomic E-state index is 12.2. The highest BCUT2D eigenvalue weighted by atomic mass is 16.5. The molecule has 118 valence electrons. The van der Waals surface area contributed by atoms with Gasteiger partial charge in [0.05, 0.1) is 13.2 Å². The third-order valence-electron chi connectivity index (χ3n) is 3.24. The van der Waals surface area contributed by atoms with E-state index in [2.05, 4.69) is 19.2 Å². The molecule has 0 bridgehead atoms. The molecular weight excluding hydrogens is 268 g/mol. The third kappa shape index (κ3) is 5.27. The van der Waals surface area contributed by atoms with Crippen molar-refractivity contribution in [3.63, 3.8) is 0 Å². The summed E-state index contributed by atoms with van der Waals surface area (Å²) >= 11 is 0. The van der Waals surface area contributed by atoms with Crippen molar-refractivity contribution in [1.82, 2.24) is 10.2 Å². The predicted octanol–water partition coefficient (Wildman–Crippen LogP) is 1.99. The molecule has 1 rings (SSSR count). The molecule has 5 heteroatoms. The number of hydrogen-bond donors (Lipinski definition) is 2. The molecule has 0 spiro atoms. The first-order valence-electron chi connectivity index (χ1n) is 7.15. The minimum Gasteiger partial charge on any atom is -0.504 e. The van der Waals surface area contributed by atoms with Crippen molar-refractivity contribution in [3.05, 3.63) is 23.8 Å². The second-order valence-electron chi connectivity index (χ2n) is 5.80. The van der Waals surface area contributed by atoms with Gasteiger partial charge < -0.3 is 20.1 Å². The second-order valence-corrected chi connectivity index (χ2v) is 5.80. The normalized spacial score (nSPS) is 12.3. The predicted molar refractivity (Wildman–Crippen MR) is 83.4 cm³/mol. The SMILES string of the molecule is COc1cc(CNC(CC(C)C)C(=O)N(C)C)ccc1O. The average molecular weight is 294 g/mol. The van der Waals surface area contributed by atoms with E-state index in [0.717, 1.165) is 12.0 Å². The van der Waals surface area contributed by atoms with E-state index in [4.69, 9.17) is 4.74 Å². The van der Waals surface area contributed by atoms with Crippen LogP contribution in [0, 0.1) is 5.92 Å². The molecule has 1 aromatic rings. The maximum absolute atomic E-state index is 12.2. The van der Waals surface area contributed by atoms with Gasteiger partial charge in [-0.3, -0.25) is 4.79 Å². The average Bonchev–Trinajstić information content (AvgIpc) is 2.43. The van der Waals surface area contributed by atoms with Gasteiger partial charge in [0.1, 0.15) is 0 Å². The topological polar surface area (TPSA) is 61.8 Å². The Bertz CT molecular complexity index is 473. The van der Waals surface area contributed by atoms with Gasteiger partial charge in [0.15, 0.2) is 11.5 Å². The summed E-state index contributed by atoms with van der Waals surface area (Å²) in [5, 5.41) is 12.9. The van der Waals surface area contributed by atoms with Gasteiger partial charge in [0.2, 0.25) is 5.91 Å². The van der Waals surface area contributed by atoms with Crippen molar-refractivity contribution >= 4 is 5.91 Å². The highest BCUT2D eigenvalue weighted by Gasteiger charge is 2.20. The van der Waals surface area contributed by atoms with E-state index in [1.54, 1.807) is 31.1 Å². The fourth-order valence-electron chi connectivity index (χ4n) is 2.13. The van der Waals surface area contributed by atoms with Crippen LogP contribution in [0.4, 0.5) is 0 Å². The van der Waals surface area contributed by atoms with Crippen LogP contribution < -0.4 is 10.1 Å². The van der Waals surface area contributed by atoms with Crippen LogP contribution in [0.2, 0.25) is 0 Å². The number of carbonyl (C=O) groups excluding carboxylic acids is 1. The Morgan fingerprint density at radius 1 is 1.38 bits per heavy atom. The molecule has 0 aliphatic rings. The number of ether oxygens (including phenoxy) is 1. The number of likely N-dealkylation sites (N-methyl/N-ethyl adjacent to an activating group) is 1. The van der Waals surface area contributed by atoms with E-state index in [0.29, 0.717) is 18.2 Å². The second kappa shape index (κ2) is 7.88. The minimum absolute atomic E-state index is 0.0782. The molecule has 1 amide bonds. The molecule has 0 radical (unpaired) electrons. The monoisotopic (exact) mass is 294 g/mol. The summed E-state index contributed by atoms with van der Waals surface area (Å²) in [6, 6.07) is 4.98. The molecule has 1 unspecified atom stereocenters. The summed E-state index contributed by atoms with van der Waals surface area (Å²) in [5.74, 6) is 1.06. The fraction of sp³-hybridized carbons (Fsp3) is 0.562. The summed E-state index contributed by atoms with van der Waals surface area (Å²) in [7, 11) is 5.05. The number of phenols is 1. The molecule has 0 aliphatic carbocycles. The van der Waals surface area contributed by atoms with Gasteiger partial charge in [0.25, 0.3) is 0 Å². The van der Waals surface area contributed by atoms with Gasteiger partial charge in [-0.25, -0.2) is 0 Å². The van der Waals surface area contributed by atoms with Gasteiger partial charge in [-0.05, 0) is 30.0 Å². The molecule has 0 aromatic heterocycles. The van der Waals surface area contributed by atoms with Crippen LogP contribution in [0.3, 0.4) is 0 Å². The van der Waals surface area contributed by atoms with Crippen molar-refractivity contribution in [2.45, 2.75) is 32.9 Å². The van der Waals surface area contributed by atoms with Gasteiger partial charge >= 0.3 is 0 Å². The molecular formula is C16H26N2O3. The number of nitrogens with one attached hydrogen (secondary N) is 1. The number of benzene rings is 1. The Morgan fingerprint density at radius 3 is 2.57 bits per heavy atom. The lowest BCUT2D eigenvalue weighted by molar-refractivity contribution is -0.131. The van der Waals surface area contributed by atoms with Crippen LogP contribution in [-0.2, 0) is 11.3 Å². The Hall–Kier alpha value is -1.75. The van der Waals surface area contributed by atoms with Crippen LogP contribution in [0.5, 0.6) is 11.5 Å². The van der Waals surface area contributed by atoms with Crippen LogP contribution in [0.15, 0.2) is 18.2 Å². The Labute approximate surface area is 126 Å². The Kier molecular flexibility index (Phi) is 6.49. The Morgan fingerprint density at radius 2 is 2.05 bits per heavy atom. The summed E-state index contributed by atoms with van der Waals surface area (Å²) < 4.78 is 5.09. The van der Waals surface area contributed by atoms with Crippen LogP contribution in [0.25, 0.3) is 0 Å². The van der Waals surface area contributed by atoms with Crippen molar-refractivity contribution in [2.75, 3.05) is 21.2 Å². The molecule has 21 heavy (non-hydrogen) atoms. The van der Waals surface area contributed by atoms with Crippen LogP contribution in [0.1, 0.15) is 25.8 Å². The molecule has 1 atom stereocenters. The number of amides is 1. The molecule has 1 aromatic carbocycles. The number of nitrogens with zero attached hydrogens (tertiary/aromatic N) is 1. The number of phenolic OH excluding ortho intramolecular Hbond substituents is 1. The number of methoxy groups -OCH3 is 1. The van der Waals surface area contributed by atoms with E-state index in [1.165, 1.54) is 7.11 Å². The molecule has 0 saturated carbocycles. The van der Waals surface area contributed by atoms with E-state index < -0.39 is 0 Å². The molecule has 0 heterocycles. The number of hydrogen-bond acceptors (Lipinski definition) is 4. The third-order valence-corrected chi connectivity index (χ3v) is 3.24. The summed E-state index contributed by atoms with van der Waals surface area (Å²) in [6.07, 6.45) is 0.784. The van der Waals surface area contributed by atoms with Crippen molar-refractivity contribution in [3.8, 4) is 11.5 Å². The molecule has 5 nitrogen and oxygen atoms in total. The zero-order valence-electron chi connectivity index (χ0n) is 13.5. The van der Waals surface area contributed by atoms with Crippen LogP contribution in [-0.4, -0.2) is 43.2 Å². The van der Waals surface area contributed by atoms with E-state index in [1.807, 2.05) is 6.07 Å². The zero-order chi connectivity index (χ0) is 16.0. The Balaban J connectivity index is 2.74. The quantitative estimate of drug-likeness (QED) is 0.807. The lowest BCUT2D eigenvalue weighted by Crippen LogP contribution is -2.44. The molecule has 0 saturated heterocycles. The fourth-order valence-corrected chi connectivity index (χ4v) is 2.13. The largest absolute Gasteiger partial charge is 0.504 e. The number of rotatable bonds is 7. The zero-order valence-corrected chi connectivity index (χ0v) is 13.5. The van der Waals surface area contributed by atoms with Crippen LogP contribution >= 0.6 is 0 Å².